The minimum Gasteiger partial charge on any atom is -0.481 e. The molecular weight excluding hydrogens is 306 g/mol. The van der Waals surface area contributed by atoms with Crippen molar-refractivity contribution in [1.82, 2.24) is 4.31 Å². The highest BCUT2D eigenvalue weighted by Crippen LogP contribution is 2.29. The molecule has 0 amide bonds. The molecule has 1 aromatic carbocycles. The fourth-order valence-corrected chi connectivity index (χ4v) is 4.68. The van der Waals surface area contributed by atoms with E-state index in [0.29, 0.717) is 18.4 Å². The predicted molar refractivity (Wildman–Crippen MR) is 80.9 cm³/mol. The highest BCUT2D eigenvalue weighted by Gasteiger charge is 2.38. The SMILES string of the molecule is COCc1ccccc1S(=O)(=O)N1CC(C(=O)O)CCC1C. The second-order valence-corrected chi connectivity index (χ2v) is 7.44. The van der Waals surface area contributed by atoms with Crippen molar-refractivity contribution >= 4 is 16.0 Å². The third kappa shape index (κ3) is 3.31. The lowest BCUT2D eigenvalue weighted by Crippen LogP contribution is -2.47. The van der Waals surface area contributed by atoms with Gasteiger partial charge in [0, 0.05) is 19.7 Å². The number of ether oxygens (including phenoxy) is 1. The summed E-state index contributed by atoms with van der Waals surface area (Å²) >= 11 is 0. The molecule has 0 aliphatic carbocycles. The van der Waals surface area contributed by atoms with Gasteiger partial charge in [-0.1, -0.05) is 18.2 Å². The van der Waals surface area contributed by atoms with Crippen LogP contribution in [-0.4, -0.2) is 43.5 Å². The van der Waals surface area contributed by atoms with Gasteiger partial charge in [-0.25, -0.2) is 8.42 Å². The molecule has 0 aromatic heterocycles. The van der Waals surface area contributed by atoms with Crippen molar-refractivity contribution in [3.8, 4) is 0 Å². The van der Waals surface area contributed by atoms with Gasteiger partial charge in [-0.15, -0.1) is 0 Å². The molecule has 0 bridgehead atoms. The molecule has 0 spiro atoms. The van der Waals surface area contributed by atoms with Gasteiger partial charge >= 0.3 is 5.97 Å². The first-order valence-electron chi connectivity index (χ1n) is 7.19. The Morgan fingerprint density at radius 2 is 2.05 bits per heavy atom. The largest absolute Gasteiger partial charge is 0.481 e. The van der Waals surface area contributed by atoms with E-state index in [-0.39, 0.29) is 24.1 Å². The first-order valence-corrected chi connectivity index (χ1v) is 8.63. The maximum absolute atomic E-state index is 12.9. The van der Waals surface area contributed by atoms with Crippen molar-refractivity contribution in [2.24, 2.45) is 5.92 Å². The van der Waals surface area contributed by atoms with Gasteiger partial charge in [-0.3, -0.25) is 4.79 Å². The van der Waals surface area contributed by atoms with Gasteiger partial charge in [0.15, 0.2) is 0 Å². The molecule has 2 atom stereocenters. The van der Waals surface area contributed by atoms with E-state index in [1.165, 1.54) is 11.4 Å². The molecule has 1 heterocycles. The molecule has 7 heteroatoms. The summed E-state index contributed by atoms with van der Waals surface area (Å²) in [6.45, 7) is 2.02. The number of hydrogen-bond donors (Lipinski definition) is 1. The number of sulfonamides is 1. The van der Waals surface area contributed by atoms with E-state index >= 15 is 0 Å². The Morgan fingerprint density at radius 1 is 1.36 bits per heavy atom. The summed E-state index contributed by atoms with van der Waals surface area (Å²) in [4.78, 5) is 11.4. The normalized spacial score (nSPS) is 23.4. The Labute approximate surface area is 130 Å². The zero-order valence-corrected chi connectivity index (χ0v) is 13.5. The van der Waals surface area contributed by atoms with Gasteiger partial charge < -0.3 is 9.84 Å². The summed E-state index contributed by atoms with van der Waals surface area (Å²) in [7, 11) is -2.23. The van der Waals surface area contributed by atoms with Gasteiger partial charge in [0.2, 0.25) is 10.0 Å². The number of methoxy groups -OCH3 is 1. The van der Waals surface area contributed by atoms with Crippen LogP contribution < -0.4 is 0 Å². The Kier molecular flexibility index (Phi) is 5.20. The van der Waals surface area contributed by atoms with Crippen LogP contribution >= 0.6 is 0 Å². The molecule has 2 unspecified atom stereocenters. The van der Waals surface area contributed by atoms with Crippen LogP contribution in [0.1, 0.15) is 25.3 Å². The molecule has 22 heavy (non-hydrogen) atoms. The highest BCUT2D eigenvalue weighted by molar-refractivity contribution is 7.89. The fraction of sp³-hybridized carbons (Fsp3) is 0.533. The third-order valence-corrected chi connectivity index (χ3v) is 6.11. The maximum Gasteiger partial charge on any atom is 0.307 e. The molecule has 1 aliphatic rings. The Balaban J connectivity index is 2.38. The first kappa shape index (κ1) is 16.9. The zero-order chi connectivity index (χ0) is 16.3. The van der Waals surface area contributed by atoms with Crippen LogP contribution in [0.3, 0.4) is 0 Å². The Bertz CT molecular complexity index is 643. The minimum absolute atomic E-state index is 0.0140. The highest BCUT2D eigenvalue weighted by atomic mass is 32.2. The maximum atomic E-state index is 12.9. The lowest BCUT2D eigenvalue weighted by atomic mass is 9.96. The molecule has 1 N–H and O–H groups in total. The van der Waals surface area contributed by atoms with E-state index in [0.717, 1.165) is 0 Å². The lowest BCUT2D eigenvalue weighted by molar-refractivity contribution is -0.143. The lowest BCUT2D eigenvalue weighted by Gasteiger charge is -2.35. The quantitative estimate of drug-likeness (QED) is 0.890. The first-order chi connectivity index (χ1) is 10.4. The molecule has 0 radical (unpaired) electrons. The van der Waals surface area contributed by atoms with Crippen molar-refractivity contribution in [3.05, 3.63) is 29.8 Å². The van der Waals surface area contributed by atoms with Gasteiger partial charge in [-0.2, -0.15) is 4.31 Å². The van der Waals surface area contributed by atoms with E-state index in [1.54, 1.807) is 24.3 Å². The molecular formula is C15H21NO5S. The standard InChI is InChI=1S/C15H21NO5S/c1-11-7-8-12(15(17)18)9-16(11)22(19,20)14-6-4-3-5-13(14)10-21-2/h3-6,11-12H,7-10H2,1-2H3,(H,17,18). The summed E-state index contributed by atoms with van der Waals surface area (Å²) in [5.41, 5.74) is 0.578. The second kappa shape index (κ2) is 6.76. The van der Waals surface area contributed by atoms with Crippen LogP contribution in [0, 0.1) is 5.92 Å². The van der Waals surface area contributed by atoms with Gasteiger partial charge in [0.1, 0.15) is 0 Å². The van der Waals surface area contributed by atoms with Crippen molar-refractivity contribution in [2.45, 2.75) is 37.3 Å². The molecule has 1 fully saturated rings. The fourth-order valence-electron chi connectivity index (χ4n) is 2.77. The molecule has 1 saturated heterocycles. The number of carboxylic acids is 1. The van der Waals surface area contributed by atoms with E-state index < -0.39 is 21.9 Å². The monoisotopic (exact) mass is 327 g/mol. The van der Waals surface area contributed by atoms with E-state index in [1.807, 2.05) is 6.92 Å². The number of benzene rings is 1. The average Bonchev–Trinajstić information content (AvgIpc) is 2.48. The molecule has 1 aliphatic heterocycles. The number of carbonyl (C=O) groups is 1. The summed E-state index contributed by atoms with van der Waals surface area (Å²) in [5, 5.41) is 9.18. The smallest absolute Gasteiger partial charge is 0.307 e. The summed E-state index contributed by atoms with van der Waals surface area (Å²) in [6.07, 6.45) is 1.05. The summed E-state index contributed by atoms with van der Waals surface area (Å²) in [6, 6.07) is 6.46. The Hall–Kier alpha value is -1.44. The van der Waals surface area contributed by atoms with Crippen LogP contribution in [0.4, 0.5) is 0 Å². The number of piperidine rings is 1. The molecule has 2 rings (SSSR count). The number of nitrogens with zero attached hydrogens (tertiary/aromatic N) is 1. The molecule has 0 saturated carbocycles. The Morgan fingerprint density at radius 3 is 2.68 bits per heavy atom. The van der Waals surface area contributed by atoms with E-state index in [4.69, 9.17) is 4.74 Å². The number of carboxylic acid groups (broad SMARTS) is 1. The van der Waals surface area contributed by atoms with Crippen LogP contribution in [0.2, 0.25) is 0 Å². The summed E-state index contributed by atoms with van der Waals surface area (Å²) in [5.74, 6) is -1.60. The topological polar surface area (TPSA) is 83.9 Å². The van der Waals surface area contributed by atoms with Crippen molar-refractivity contribution in [1.29, 1.82) is 0 Å². The van der Waals surface area contributed by atoms with Crippen molar-refractivity contribution in [3.63, 3.8) is 0 Å². The third-order valence-electron chi connectivity index (χ3n) is 4.03. The number of rotatable bonds is 5. The molecule has 122 valence electrons. The van der Waals surface area contributed by atoms with Crippen molar-refractivity contribution < 1.29 is 23.1 Å². The van der Waals surface area contributed by atoms with Crippen LogP contribution in [0.25, 0.3) is 0 Å². The van der Waals surface area contributed by atoms with Crippen molar-refractivity contribution in [2.75, 3.05) is 13.7 Å². The van der Waals surface area contributed by atoms with Crippen LogP contribution in [-0.2, 0) is 26.2 Å². The summed E-state index contributed by atoms with van der Waals surface area (Å²) < 4.78 is 32.2. The zero-order valence-electron chi connectivity index (χ0n) is 12.7. The minimum atomic E-state index is -3.74. The number of hydrogen-bond acceptors (Lipinski definition) is 4. The molecule has 6 nitrogen and oxygen atoms in total. The number of aliphatic carboxylic acids is 1. The van der Waals surface area contributed by atoms with Gasteiger partial charge in [-0.05, 0) is 31.4 Å². The van der Waals surface area contributed by atoms with Crippen LogP contribution in [0.15, 0.2) is 29.2 Å². The van der Waals surface area contributed by atoms with Crippen LogP contribution in [0.5, 0.6) is 0 Å². The van der Waals surface area contributed by atoms with E-state index in [9.17, 15) is 18.3 Å². The second-order valence-electron chi connectivity index (χ2n) is 5.58. The molecule has 1 aromatic rings. The van der Waals surface area contributed by atoms with E-state index in [2.05, 4.69) is 0 Å². The predicted octanol–water partition coefficient (Wildman–Crippen LogP) is 1.71. The van der Waals surface area contributed by atoms with Gasteiger partial charge in [0.25, 0.3) is 0 Å². The van der Waals surface area contributed by atoms with Gasteiger partial charge in [0.05, 0.1) is 17.4 Å². The average molecular weight is 327 g/mol.